The highest BCUT2D eigenvalue weighted by Gasteiger charge is 2.19. The van der Waals surface area contributed by atoms with Gasteiger partial charge in [0.05, 0.1) is 0 Å². The second kappa shape index (κ2) is 9.46. The first-order valence-corrected chi connectivity index (χ1v) is 15.9. The van der Waals surface area contributed by atoms with E-state index in [4.69, 9.17) is 0 Å². The van der Waals surface area contributed by atoms with E-state index in [9.17, 15) is 0 Å². The molecule has 7 aromatic carbocycles. The number of benzene rings is 7. The van der Waals surface area contributed by atoms with E-state index < -0.39 is 0 Å². The zero-order valence-corrected chi connectivity index (χ0v) is 24.3. The smallest absolute Gasteiger partial charge is 0.0433 e. The molecule has 0 radical (unpaired) electrons. The van der Waals surface area contributed by atoms with Crippen LogP contribution in [0.5, 0.6) is 0 Å². The maximum atomic E-state index is 2.37. The van der Waals surface area contributed by atoms with Crippen LogP contribution in [0.25, 0.3) is 75.5 Å². The van der Waals surface area contributed by atoms with Crippen LogP contribution >= 0.6 is 23.1 Å². The molecular weight excluding hydrogens is 545 g/mol. The average molecular weight is 569 g/mol. The number of fused-ring (bicyclic) bond motifs is 5. The van der Waals surface area contributed by atoms with Crippen LogP contribution in [-0.4, -0.2) is 0 Å². The van der Waals surface area contributed by atoms with E-state index in [1.807, 2.05) is 23.1 Å². The Kier molecular flexibility index (Phi) is 5.41. The van der Waals surface area contributed by atoms with Crippen LogP contribution in [0.1, 0.15) is 0 Å². The molecule has 0 atom stereocenters. The van der Waals surface area contributed by atoms with Gasteiger partial charge in [0.15, 0.2) is 0 Å². The fourth-order valence-corrected chi connectivity index (χ4v) is 8.78. The third-order valence-corrected chi connectivity index (χ3v) is 10.9. The van der Waals surface area contributed by atoms with E-state index in [2.05, 4.69) is 146 Å². The van der Waals surface area contributed by atoms with Gasteiger partial charge in [-0.2, -0.15) is 0 Å². The van der Waals surface area contributed by atoms with Crippen molar-refractivity contribution >= 4 is 54.0 Å². The van der Waals surface area contributed by atoms with Gasteiger partial charge in [0.2, 0.25) is 0 Å². The molecule has 0 unspecified atom stereocenters. The van der Waals surface area contributed by atoms with Crippen LogP contribution in [0.3, 0.4) is 0 Å². The fraction of sp³-hybridized carbons (Fsp3) is 0. The molecule has 0 aliphatic carbocycles. The van der Waals surface area contributed by atoms with Gasteiger partial charge in [-0.1, -0.05) is 133 Å². The van der Waals surface area contributed by atoms with Gasteiger partial charge in [-0.05, 0) is 74.2 Å². The Balaban J connectivity index is 1.04. The second-order valence-electron chi connectivity index (χ2n) is 10.9. The van der Waals surface area contributed by atoms with Gasteiger partial charge in [-0.15, -0.1) is 11.3 Å². The molecule has 1 aliphatic heterocycles. The van der Waals surface area contributed by atoms with Crippen molar-refractivity contribution in [3.05, 3.63) is 146 Å². The summed E-state index contributed by atoms with van der Waals surface area (Å²) >= 11 is 3.77. The maximum absolute atomic E-state index is 2.37. The molecular formula is C40H24S2. The molecule has 9 rings (SSSR count). The Hall–Kier alpha value is -4.63. The minimum Gasteiger partial charge on any atom is -0.135 e. The first kappa shape index (κ1) is 24.0. The van der Waals surface area contributed by atoms with Crippen molar-refractivity contribution in [2.45, 2.75) is 9.79 Å². The van der Waals surface area contributed by atoms with E-state index in [-0.39, 0.29) is 0 Å². The van der Waals surface area contributed by atoms with E-state index in [1.54, 1.807) is 0 Å². The Labute approximate surface area is 252 Å². The quantitative estimate of drug-likeness (QED) is 0.204. The molecule has 0 saturated heterocycles. The van der Waals surface area contributed by atoms with Crippen LogP contribution < -0.4 is 0 Å². The lowest BCUT2D eigenvalue weighted by molar-refractivity contribution is 1.39. The van der Waals surface area contributed by atoms with Crippen molar-refractivity contribution in [2.24, 2.45) is 0 Å². The summed E-state index contributed by atoms with van der Waals surface area (Å²) in [6.07, 6.45) is 0. The van der Waals surface area contributed by atoms with E-state index in [0.717, 1.165) is 0 Å². The van der Waals surface area contributed by atoms with Crippen molar-refractivity contribution < 1.29 is 0 Å². The third kappa shape index (κ3) is 3.76. The molecule has 0 spiro atoms. The van der Waals surface area contributed by atoms with Crippen LogP contribution in [0.2, 0.25) is 0 Å². The fourth-order valence-electron chi connectivity index (χ4n) is 6.42. The van der Waals surface area contributed by atoms with Crippen molar-refractivity contribution in [3.63, 3.8) is 0 Å². The van der Waals surface area contributed by atoms with Crippen LogP contribution in [0.4, 0.5) is 0 Å². The van der Waals surface area contributed by atoms with Gasteiger partial charge in [-0.3, -0.25) is 0 Å². The molecule has 0 nitrogen and oxygen atoms in total. The van der Waals surface area contributed by atoms with Gasteiger partial charge >= 0.3 is 0 Å². The van der Waals surface area contributed by atoms with Crippen molar-refractivity contribution in [1.29, 1.82) is 0 Å². The molecule has 1 aromatic heterocycles. The summed E-state index contributed by atoms with van der Waals surface area (Å²) in [6, 6.07) is 53.6. The molecule has 0 saturated carbocycles. The Morgan fingerprint density at radius 3 is 1.81 bits per heavy atom. The monoisotopic (exact) mass is 568 g/mol. The topological polar surface area (TPSA) is 0 Å². The summed E-state index contributed by atoms with van der Waals surface area (Å²) in [7, 11) is 0. The number of hydrogen-bond donors (Lipinski definition) is 0. The molecule has 196 valence electrons. The number of thiophene rings is 1. The van der Waals surface area contributed by atoms with Gasteiger partial charge in [0.25, 0.3) is 0 Å². The Morgan fingerprint density at radius 2 is 1.00 bits per heavy atom. The molecule has 2 heterocycles. The van der Waals surface area contributed by atoms with Crippen molar-refractivity contribution in [2.75, 3.05) is 0 Å². The molecule has 8 aromatic rings. The molecule has 2 heteroatoms. The predicted molar refractivity (Wildman–Crippen MR) is 183 cm³/mol. The molecule has 42 heavy (non-hydrogen) atoms. The summed E-state index contributed by atoms with van der Waals surface area (Å²) < 4.78 is 2.70. The summed E-state index contributed by atoms with van der Waals surface area (Å²) in [6.45, 7) is 0. The number of rotatable bonds is 3. The lowest BCUT2D eigenvalue weighted by Crippen LogP contribution is -1.93. The average Bonchev–Trinajstić information content (AvgIpc) is 3.44. The highest BCUT2D eigenvalue weighted by atomic mass is 32.2. The molecule has 0 amide bonds. The minimum absolute atomic E-state index is 1.23. The SMILES string of the molecule is c1cc2c3c(cccc3c1)-c1cc(-c3ccc(-c4ccc(-c5cccc6c5sc5ccccc56)cc4)cc3)ccc1S2. The molecule has 0 fully saturated rings. The highest BCUT2D eigenvalue weighted by molar-refractivity contribution is 7.99. The summed E-state index contributed by atoms with van der Waals surface area (Å²) in [5, 5.41) is 5.37. The normalized spacial score (nSPS) is 12.2. The highest BCUT2D eigenvalue weighted by Crippen LogP contribution is 2.48. The van der Waals surface area contributed by atoms with Crippen LogP contribution in [0, 0.1) is 0 Å². The molecule has 1 aliphatic rings. The van der Waals surface area contributed by atoms with E-state index in [0.29, 0.717) is 0 Å². The second-order valence-corrected chi connectivity index (χ2v) is 13.0. The van der Waals surface area contributed by atoms with Crippen LogP contribution in [-0.2, 0) is 0 Å². The summed E-state index contributed by atoms with van der Waals surface area (Å²) in [5.74, 6) is 0. The van der Waals surface area contributed by atoms with Crippen molar-refractivity contribution in [3.8, 4) is 44.5 Å². The van der Waals surface area contributed by atoms with Gasteiger partial charge in [0.1, 0.15) is 0 Å². The zero-order valence-electron chi connectivity index (χ0n) is 22.7. The lowest BCUT2D eigenvalue weighted by Gasteiger charge is -2.21. The first-order valence-electron chi connectivity index (χ1n) is 14.3. The Bertz CT molecular complexity index is 2300. The van der Waals surface area contributed by atoms with Gasteiger partial charge < -0.3 is 0 Å². The van der Waals surface area contributed by atoms with E-state index >= 15 is 0 Å². The lowest BCUT2D eigenvalue weighted by atomic mass is 9.94. The summed E-state index contributed by atoms with van der Waals surface area (Å²) in [5.41, 5.74) is 10.2. The van der Waals surface area contributed by atoms with E-state index in [1.165, 1.54) is 85.2 Å². The van der Waals surface area contributed by atoms with Gasteiger partial charge in [-0.25, -0.2) is 0 Å². The minimum atomic E-state index is 1.23. The van der Waals surface area contributed by atoms with Crippen molar-refractivity contribution in [1.82, 2.24) is 0 Å². The predicted octanol–water partition coefficient (Wildman–Crippen LogP) is 12.3. The third-order valence-electron chi connectivity index (χ3n) is 8.51. The molecule has 0 bridgehead atoms. The largest absolute Gasteiger partial charge is 0.135 e. The maximum Gasteiger partial charge on any atom is 0.0433 e. The molecule has 0 N–H and O–H groups in total. The standard InChI is InChI=1S/C40H24S2/c1-2-12-36-32(8-1)34-11-5-9-31(40(34)42-36)28-20-18-26(19-21-28)25-14-16-27(17-15-25)30-22-23-37-35(24-30)33-10-3-6-29-7-4-13-38(41-37)39(29)33/h1-24H. The summed E-state index contributed by atoms with van der Waals surface area (Å²) in [4.78, 5) is 2.67. The van der Waals surface area contributed by atoms with Gasteiger partial charge in [0, 0.05) is 35.3 Å². The first-order chi connectivity index (χ1) is 20.8. The Morgan fingerprint density at radius 1 is 0.381 bits per heavy atom. The van der Waals surface area contributed by atoms with Crippen LogP contribution in [0.15, 0.2) is 155 Å². The zero-order chi connectivity index (χ0) is 27.6. The number of hydrogen-bond acceptors (Lipinski definition) is 2.